The second kappa shape index (κ2) is 5.32. The summed E-state index contributed by atoms with van der Waals surface area (Å²) in [5.74, 6) is 0. The molecule has 1 saturated heterocycles. The van der Waals surface area contributed by atoms with E-state index >= 15 is 0 Å². The summed E-state index contributed by atoms with van der Waals surface area (Å²) in [4.78, 5) is 6.08. The van der Waals surface area contributed by atoms with E-state index in [0.717, 1.165) is 0 Å². The first-order valence-corrected chi connectivity index (χ1v) is 6.56. The topological polar surface area (TPSA) is 106 Å². The van der Waals surface area contributed by atoms with Gasteiger partial charge in [0.2, 0.25) is 0 Å². The van der Waals surface area contributed by atoms with Gasteiger partial charge in [-0.25, -0.2) is 0 Å². The van der Waals surface area contributed by atoms with Crippen LogP contribution < -0.4 is 0 Å². The Labute approximate surface area is 109 Å². The third-order valence-electron chi connectivity index (χ3n) is 3.04. The molecule has 1 fully saturated rings. The maximum absolute atomic E-state index is 10.0. The van der Waals surface area contributed by atoms with Gasteiger partial charge in [-0.2, -0.15) is 0 Å². The van der Waals surface area contributed by atoms with Crippen LogP contribution in [0.2, 0.25) is 0 Å². The second-order valence-electron chi connectivity index (χ2n) is 4.61. The first-order valence-electron chi connectivity index (χ1n) is 5.68. The normalized spacial score (nSPS) is 41.2. The third kappa shape index (κ3) is 2.36. The third-order valence-corrected chi connectivity index (χ3v) is 4.34. The lowest BCUT2D eigenvalue weighted by Gasteiger charge is -2.39. The Kier molecular flexibility index (Phi) is 4.15. The van der Waals surface area contributed by atoms with Gasteiger partial charge in [0.25, 0.3) is 0 Å². The van der Waals surface area contributed by atoms with Crippen molar-refractivity contribution in [2.75, 3.05) is 20.7 Å². The van der Waals surface area contributed by atoms with Gasteiger partial charge in [0.1, 0.15) is 35.9 Å². The number of hydrogen-bond acceptors (Lipinski definition) is 8. The Bertz CT molecular complexity index is 340. The molecule has 0 radical (unpaired) electrons. The zero-order valence-electron chi connectivity index (χ0n) is 10.2. The Hall–Kier alpha value is -0.380. The molecule has 8 heteroatoms. The number of thioether (sulfide) groups is 1. The van der Waals surface area contributed by atoms with Crippen molar-refractivity contribution in [2.45, 2.75) is 35.9 Å². The fourth-order valence-corrected chi connectivity index (χ4v) is 3.16. The maximum atomic E-state index is 10.0. The smallest absolute Gasteiger partial charge is 0.161 e. The highest BCUT2D eigenvalue weighted by atomic mass is 32.2. The average molecular weight is 278 g/mol. The minimum Gasteiger partial charge on any atom is -0.394 e. The summed E-state index contributed by atoms with van der Waals surface area (Å²) in [6.45, 7) is -0.530. The molecule has 0 amide bonds. The summed E-state index contributed by atoms with van der Waals surface area (Å²) in [7, 11) is 3.65. The van der Waals surface area contributed by atoms with E-state index in [1.54, 1.807) is 4.90 Å². The molecule has 5 unspecified atom stereocenters. The molecule has 7 nitrogen and oxygen atoms in total. The predicted octanol–water partition coefficient (Wildman–Crippen LogP) is -2.18. The number of ether oxygens (including phenoxy) is 1. The van der Waals surface area contributed by atoms with Crippen LogP contribution in [-0.2, 0) is 4.74 Å². The van der Waals surface area contributed by atoms with Gasteiger partial charge in [0.15, 0.2) is 5.17 Å². The highest BCUT2D eigenvalue weighted by Gasteiger charge is 2.50. The van der Waals surface area contributed by atoms with E-state index in [1.807, 2.05) is 14.1 Å². The molecule has 18 heavy (non-hydrogen) atoms. The van der Waals surface area contributed by atoms with Gasteiger partial charge >= 0.3 is 0 Å². The van der Waals surface area contributed by atoms with Crippen molar-refractivity contribution in [3.05, 3.63) is 0 Å². The van der Waals surface area contributed by atoms with Gasteiger partial charge in [0, 0.05) is 14.1 Å². The summed E-state index contributed by atoms with van der Waals surface area (Å²) in [5, 5.41) is 39.0. The van der Waals surface area contributed by atoms with E-state index in [-0.39, 0.29) is 0 Å². The molecular formula is C10H18N2O5S. The SMILES string of the molecule is CN(C)C1=NC2C(OC([C@H](O)CO)C(O)C2O)S1. The van der Waals surface area contributed by atoms with Crippen molar-refractivity contribution in [1.82, 2.24) is 4.90 Å². The Morgan fingerprint density at radius 1 is 1.39 bits per heavy atom. The number of rotatable bonds is 2. The Morgan fingerprint density at radius 2 is 2.06 bits per heavy atom. The molecule has 104 valence electrons. The molecule has 2 aliphatic rings. The van der Waals surface area contributed by atoms with Crippen LogP contribution in [0.3, 0.4) is 0 Å². The molecule has 0 saturated carbocycles. The van der Waals surface area contributed by atoms with Crippen LogP contribution in [0.1, 0.15) is 0 Å². The molecule has 2 aliphatic heterocycles. The molecule has 0 aromatic heterocycles. The highest BCUT2D eigenvalue weighted by molar-refractivity contribution is 8.14. The minimum absolute atomic E-state index is 0.452. The zero-order valence-corrected chi connectivity index (χ0v) is 11.0. The fraction of sp³-hybridized carbons (Fsp3) is 0.900. The van der Waals surface area contributed by atoms with E-state index in [4.69, 9.17) is 9.84 Å². The van der Waals surface area contributed by atoms with Crippen LogP contribution in [0.5, 0.6) is 0 Å². The van der Waals surface area contributed by atoms with Gasteiger partial charge in [-0.15, -0.1) is 0 Å². The van der Waals surface area contributed by atoms with E-state index < -0.39 is 42.5 Å². The second-order valence-corrected chi connectivity index (χ2v) is 5.68. The quantitative estimate of drug-likeness (QED) is 0.455. The van der Waals surface area contributed by atoms with Crippen molar-refractivity contribution >= 4 is 16.9 Å². The van der Waals surface area contributed by atoms with Crippen LogP contribution in [0, 0.1) is 0 Å². The minimum atomic E-state index is -1.26. The summed E-state index contributed by atoms with van der Waals surface area (Å²) < 4.78 is 5.53. The van der Waals surface area contributed by atoms with Gasteiger partial charge in [0.05, 0.1) is 6.61 Å². The van der Waals surface area contributed by atoms with Crippen LogP contribution >= 0.6 is 11.8 Å². The molecular weight excluding hydrogens is 260 g/mol. The first kappa shape index (κ1) is 14.0. The van der Waals surface area contributed by atoms with Crippen molar-refractivity contribution in [3.63, 3.8) is 0 Å². The summed E-state index contributed by atoms with van der Waals surface area (Å²) in [5.41, 5.74) is -0.452. The standard InChI is InChI=1S/C10H18N2O5S/c1-12(2)10-11-5-6(15)7(16)8(4(14)3-13)17-9(5)18-10/h4-9,13-16H,3H2,1-2H3/t4-,5?,6?,7?,8?,9?/m1/s1. The Balaban J connectivity index is 2.14. The number of fused-ring (bicyclic) bond motifs is 1. The predicted molar refractivity (Wildman–Crippen MR) is 66.3 cm³/mol. The van der Waals surface area contributed by atoms with E-state index in [1.165, 1.54) is 11.8 Å². The number of hydrogen-bond donors (Lipinski definition) is 4. The summed E-state index contributed by atoms with van der Waals surface area (Å²) >= 11 is 1.33. The number of aliphatic hydroxyl groups is 4. The maximum Gasteiger partial charge on any atom is 0.161 e. The van der Waals surface area contributed by atoms with Gasteiger partial charge in [-0.1, -0.05) is 11.8 Å². The number of nitrogens with zero attached hydrogens (tertiary/aromatic N) is 2. The van der Waals surface area contributed by atoms with Crippen molar-refractivity contribution < 1.29 is 25.2 Å². The van der Waals surface area contributed by atoms with Crippen molar-refractivity contribution in [3.8, 4) is 0 Å². The average Bonchev–Trinajstić information content (AvgIpc) is 2.77. The molecule has 6 atom stereocenters. The molecule has 0 aromatic rings. The highest BCUT2D eigenvalue weighted by Crippen LogP contribution is 2.37. The lowest BCUT2D eigenvalue weighted by molar-refractivity contribution is -0.190. The Morgan fingerprint density at radius 3 is 2.61 bits per heavy atom. The first-order chi connectivity index (χ1) is 8.45. The van der Waals surface area contributed by atoms with Crippen LogP contribution in [-0.4, -0.2) is 87.1 Å². The van der Waals surface area contributed by atoms with Crippen molar-refractivity contribution in [2.24, 2.45) is 4.99 Å². The number of amidine groups is 1. The lowest BCUT2D eigenvalue weighted by atomic mass is 9.95. The number of aliphatic imine (C=N–C) groups is 1. The number of aliphatic hydroxyl groups excluding tert-OH is 4. The van der Waals surface area contributed by atoms with Gasteiger partial charge in [-0.3, -0.25) is 4.99 Å². The fourth-order valence-electron chi connectivity index (χ4n) is 2.01. The lowest BCUT2D eigenvalue weighted by Crippen LogP contribution is -2.58. The monoisotopic (exact) mass is 278 g/mol. The van der Waals surface area contributed by atoms with Crippen LogP contribution in [0.4, 0.5) is 0 Å². The molecule has 0 bridgehead atoms. The molecule has 0 aromatic carbocycles. The molecule has 0 spiro atoms. The van der Waals surface area contributed by atoms with Crippen LogP contribution in [0.25, 0.3) is 0 Å². The van der Waals surface area contributed by atoms with E-state index in [2.05, 4.69) is 4.99 Å². The van der Waals surface area contributed by atoms with Crippen molar-refractivity contribution in [1.29, 1.82) is 0 Å². The summed E-state index contributed by atoms with van der Waals surface area (Å²) in [6, 6.07) is -0.551. The zero-order chi connectivity index (χ0) is 13.4. The summed E-state index contributed by atoms with van der Waals surface area (Å²) in [6.07, 6.45) is -4.60. The van der Waals surface area contributed by atoms with Crippen LogP contribution in [0.15, 0.2) is 4.99 Å². The molecule has 0 aliphatic carbocycles. The van der Waals surface area contributed by atoms with E-state index in [9.17, 15) is 15.3 Å². The molecule has 2 heterocycles. The largest absolute Gasteiger partial charge is 0.394 e. The molecule has 2 rings (SSSR count). The molecule has 4 N–H and O–H groups in total. The van der Waals surface area contributed by atoms with E-state index in [0.29, 0.717) is 5.17 Å². The van der Waals surface area contributed by atoms with Gasteiger partial charge < -0.3 is 30.1 Å². The van der Waals surface area contributed by atoms with Gasteiger partial charge in [-0.05, 0) is 0 Å².